The highest BCUT2D eigenvalue weighted by Crippen LogP contribution is 2.33. The monoisotopic (exact) mass is 521 g/mol. The normalized spacial score (nSPS) is 12.6. The number of hydrogen-bond donors (Lipinski definition) is 3. The Morgan fingerprint density at radius 2 is 1.86 bits per heavy atom. The van der Waals surface area contributed by atoms with Crippen LogP contribution in [0.5, 0.6) is 11.5 Å². The second-order valence-electron chi connectivity index (χ2n) is 7.29. The van der Waals surface area contributed by atoms with Gasteiger partial charge in [0.1, 0.15) is 23.9 Å². The van der Waals surface area contributed by atoms with E-state index < -0.39 is 33.4 Å². The molecule has 1 aromatic heterocycles. The van der Waals surface area contributed by atoms with Gasteiger partial charge in [0, 0.05) is 11.8 Å². The number of nitrogens with one attached hydrogen (secondary N) is 2. The summed E-state index contributed by atoms with van der Waals surface area (Å²) in [5.41, 5.74) is 0.396. The lowest BCUT2D eigenvalue weighted by Crippen LogP contribution is -2.22. The summed E-state index contributed by atoms with van der Waals surface area (Å²) in [5.74, 6) is 0.0000186. The van der Waals surface area contributed by atoms with Crippen molar-refractivity contribution in [2.24, 2.45) is 5.14 Å². The van der Waals surface area contributed by atoms with Gasteiger partial charge < -0.3 is 29.3 Å². The minimum atomic E-state index is -4.23. The second-order valence-corrected chi connectivity index (χ2v) is 9.23. The van der Waals surface area contributed by atoms with E-state index in [1.165, 1.54) is 12.3 Å². The van der Waals surface area contributed by atoms with E-state index in [9.17, 15) is 18.0 Å². The smallest absolute Gasteiger partial charge is 0.340 e. The molecule has 3 aromatic rings. The number of halogens is 1. The first-order chi connectivity index (χ1) is 16.7. The van der Waals surface area contributed by atoms with E-state index in [0.29, 0.717) is 36.2 Å². The molecule has 0 saturated carbocycles. The average Bonchev–Trinajstić information content (AvgIpc) is 3.34. The quantitative estimate of drug-likeness (QED) is 0.379. The molecule has 2 heterocycles. The molecule has 0 radical (unpaired) electrons. The summed E-state index contributed by atoms with van der Waals surface area (Å²) in [5, 5.41) is 10.5. The number of carbonyl (C=O) groups is 2. The fourth-order valence-corrected chi connectivity index (χ4v) is 4.31. The van der Waals surface area contributed by atoms with Crippen molar-refractivity contribution in [3.8, 4) is 11.5 Å². The third-order valence-corrected chi connectivity index (χ3v) is 6.17. The minimum Gasteiger partial charge on any atom is -0.486 e. The zero-order valence-electron chi connectivity index (χ0n) is 18.1. The van der Waals surface area contributed by atoms with Crippen LogP contribution in [0.4, 0.5) is 11.4 Å². The lowest BCUT2D eigenvalue weighted by atomic mass is 10.1. The second kappa shape index (κ2) is 10.3. The first-order valence-corrected chi connectivity index (χ1v) is 12.1. The van der Waals surface area contributed by atoms with Gasteiger partial charge in [-0.3, -0.25) is 4.79 Å². The van der Waals surface area contributed by atoms with Crippen LogP contribution >= 0.6 is 11.6 Å². The van der Waals surface area contributed by atoms with Crippen LogP contribution in [-0.4, -0.2) is 40.1 Å². The summed E-state index contributed by atoms with van der Waals surface area (Å²) in [7, 11) is -4.23. The Balaban J connectivity index is 1.47. The molecule has 2 aromatic carbocycles. The molecule has 0 unspecified atom stereocenters. The average molecular weight is 522 g/mol. The SMILES string of the molecule is NS(=O)(=O)c1cc(C(=O)OCC(=O)Nc2ccc3c(c2)OCCO3)c(NCc2ccco2)cc1Cl. The van der Waals surface area contributed by atoms with Gasteiger partial charge in [-0.2, -0.15) is 0 Å². The summed E-state index contributed by atoms with van der Waals surface area (Å²) in [4.78, 5) is 24.7. The van der Waals surface area contributed by atoms with Crippen molar-refractivity contribution in [3.05, 3.63) is 65.1 Å². The largest absolute Gasteiger partial charge is 0.486 e. The maximum absolute atomic E-state index is 12.8. The van der Waals surface area contributed by atoms with Crippen LogP contribution in [0, 0.1) is 0 Å². The van der Waals surface area contributed by atoms with Gasteiger partial charge in [-0.25, -0.2) is 18.4 Å². The fraction of sp³-hybridized carbons (Fsp3) is 0.182. The molecule has 13 heteroatoms. The molecular formula is C22H20ClN3O8S. The molecule has 0 saturated heterocycles. The van der Waals surface area contributed by atoms with Gasteiger partial charge in [0.15, 0.2) is 18.1 Å². The van der Waals surface area contributed by atoms with E-state index in [0.717, 1.165) is 6.07 Å². The molecule has 1 aliphatic heterocycles. The van der Waals surface area contributed by atoms with Crippen molar-refractivity contribution in [1.29, 1.82) is 0 Å². The molecule has 0 atom stereocenters. The van der Waals surface area contributed by atoms with Crippen molar-refractivity contribution in [1.82, 2.24) is 0 Å². The number of hydrogen-bond acceptors (Lipinski definition) is 9. The Morgan fingerprint density at radius 1 is 1.09 bits per heavy atom. The van der Waals surface area contributed by atoms with Crippen molar-refractivity contribution in [2.75, 3.05) is 30.5 Å². The number of anilines is 2. The first-order valence-electron chi connectivity index (χ1n) is 10.2. The lowest BCUT2D eigenvalue weighted by Gasteiger charge is -2.19. The Morgan fingerprint density at radius 3 is 2.57 bits per heavy atom. The number of carbonyl (C=O) groups excluding carboxylic acids is 2. The van der Waals surface area contributed by atoms with Gasteiger partial charge in [0.25, 0.3) is 5.91 Å². The van der Waals surface area contributed by atoms with Crippen molar-refractivity contribution in [2.45, 2.75) is 11.4 Å². The molecule has 0 bridgehead atoms. The molecule has 0 spiro atoms. The molecule has 1 amide bonds. The minimum absolute atomic E-state index is 0.163. The number of fused-ring (bicyclic) bond motifs is 1. The van der Waals surface area contributed by atoms with E-state index in [2.05, 4.69) is 10.6 Å². The zero-order chi connectivity index (χ0) is 25.0. The van der Waals surface area contributed by atoms with Crippen LogP contribution in [0.25, 0.3) is 0 Å². The third-order valence-electron chi connectivity index (χ3n) is 4.79. The van der Waals surface area contributed by atoms with E-state index in [4.69, 9.17) is 35.4 Å². The number of primary sulfonamides is 1. The van der Waals surface area contributed by atoms with Crippen molar-refractivity contribution in [3.63, 3.8) is 0 Å². The standard InChI is InChI=1S/C22H20ClN3O8S/c23-16-10-17(25-11-14-2-1-5-31-14)15(9-20(16)35(24,29)30)22(28)34-12-21(27)26-13-3-4-18-19(8-13)33-7-6-32-18/h1-5,8-10,25H,6-7,11-12H2,(H,26,27)(H2,24,29,30). The number of sulfonamides is 1. The molecule has 35 heavy (non-hydrogen) atoms. The summed E-state index contributed by atoms with van der Waals surface area (Å²) in [6.07, 6.45) is 1.48. The van der Waals surface area contributed by atoms with Crippen molar-refractivity contribution >= 4 is 44.9 Å². The van der Waals surface area contributed by atoms with E-state index in [-0.39, 0.29) is 22.8 Å². The molecule has 4 rings (SSSR count). The predicted molar refractivity (Wildman–Crippen MR) is 125 cm³/mol. The number of amides is 1. The maximum Gasteiger partial charge on any atom is 0.340 e. The molecule has 184 valence electrons. The van der Waals surface area contributed by atoms with E-state index in [1.54, 1.807) is 30.3 Å². The van der Waals surface area contributed by atoms with Gasteiger partial charge in [0.2, 0.25) is 10.0 Å². The van der Waals surface area contributed by atoms with Gasteiger partial charge in [-0.1, -0.05) is 11.6 Å². The predicted octanol–water partition coefficient (Wildman–Crippen LogP) is 2.76. The van der Waals surface area contributed by atoms with Crippen molar-refractivity contribution < 1.29 is 36.6 Å². The van der Waals surface area contributed by atoms with Gasteiger partial charge in [-0.05, 0) is 36.4 Å². The highest BCUT2D eigenvalue weighted by Gasteiger charge is 2.22. The molecule has 1 aliphatic rings. The Labute approximate surface area is 205 Å². The Kier molecular flexibility index (Phi) is 7.15. The molecular weight excluding hydrogens is 502 g/mol. The molecule has 11 nitrogen and oxygen atoms in total. The van der Waals surface area contributed by atoms with Crippen LogP contribution < -0.4 is 25.2 Å². The maximum atomic E-state index is 12.8. The van der Waals surface area contributed by atoms with E-state index in [1.807, 2.05) is 0 Å². The number of benzene rings is 2. The number of rotatable bonds is 8. The Bertz CT molecular complexity index is 1360. The molecule has 0 aliphatic carbocycles. The Hall–Kier alpha value is -3.74. The zero-order valence-corrected chi connectivity index (χ0v) is 19.6. The van der Waals surface area contributed by atoms with Crippen LogP contribution in [0.3, 0.4) is 0 Å². The lowest BCUT2D eigenvalue weighted by molar-refractivity contribution is -0.119. The summed E-state index contributed by atoms with van der Waals surface area (Å²) >= 11 is 6.06. The third kappa shape index (κ3) is 6.04. The summed E-state index contributed by atoms with van der Waals surface area (Å²) in [6.45, 7) is 0.353. The first kappa shape index (κ1) is 24.4. The summed E-state index contributed by atoms with van der Waals surface area (Å²) in [6, 6.07) is 10.5. The van der Waals surface area contributed by atoms with Gasteiger partial charge in [-0.15, -0.1) is 0 Å². The highest BCUT2D eigenvalue weighted by molar-refractivity contribution is 7.89. The van der Waals surface area contributed by atoms with Gasteiger partial charge >= 0.3 is 5.97 Å². The number of nitrogens with two attached hydrogens (primary N) is 1. The number of esters is 1. The van der Waals surface area contributed by atoms with E-state index >= 15 is 0 Å². The van der Waals surface area contributed by atoms with Crippen LogP contribution in [0.1, 0.15) is 16.1 Å². The van der Waals surface area contributed by atoms with Crippen LogP contribution in [-0.2, 0) is 26.1 Å². The van der Waals surface area contributed by atoms with Crippen LogP contribution in [0.15, 0.2) is 58.0 Å². The number of ether oxygens (including phenoxy) is 3. The molecule has 0 fully saturated rings. The van der Waals surface area contributed by atoms with Gasteiger partial charge in [0.05, 0.1) is 29.1 Å². The summed E-state index contributed by atoms with van der Waals surface area (Å²) < 4.78 is 45.0. The molecule has 4 N–H and O–H groups in total. The fourth-order valence-electron chi connectivity index (χ4n) is 3.21. The highest BCUT2D eigenvalue weighted by atomic mass is 35.5. The van der Waals surface area contributed by atoms with Crippen LogP contribution in [0.2, 0.25) is 5.02 Å². The number of furan rings is 1. The topological polar surface area (TPSA) is 159 Å².